The normalized spacial score (nSPS) is 12.9. The van der Waals surface area contributed by atoms with E-state index in [-0.39, 0.29) is 6.42 Å². The maximum absolute atomic E-state index is 13.8. The van der Waals surface area contributed by atoms with Gasteiger partial charge in [0.2, 0.25) is 0 Å². The predicted octanol–water partition coefficient (Wildman–Crippen LogP) is 1.61. The maximum atomic E-state index is 13.8. The highest BCUT2D eigenvalue weighted by Gasteiger charge is 2.20. The number of nitriles is 1. The fourth-order valence-electron chi connectivity index (χ4n) is 1.64. The van der Waals surface area contributed by atoms with Crippen LogP contribution in [-0.4, -0.2) is 32.3 Å². The van der Waals surface area contributed by atoms with Crippen LogP contribution in [0.15, 0.2) is 18.2 Å². The van der Waals surface area contributed by atoms with Crippen molar-refractivity contribution in [3.05, 3.63) is 23.8 Å². The lowest BCUT2D eigenvalue weighted by molar-refractivity contribution is -0.126. The molecule has 20 heavy (non-hydrogen) atoms. The Kier molecular flexibility index (Phi) is 5.78. The first kappa shape index (κ1) is 15.8. The van der Waals surface area contributed by atoms with Gasteiger partial charge in [0.1, 0.15) is 6.04 Å². The van der Waals surface area contributed by atoms with Crippen molar-refractivity contribution in [2.45, 2.75) is 25.6 Å². The number of methoxy groups -OCH3 is 2. The van der Waals surface area contributed by atoms with Crippen molar-refractivity contribution in [1.29, 1.82) is 5.26 Å². The highest BCUT2D eigenvalue weighted by Crippen LogP contribution is 2.28. The molecule has 0 radical (unpaired) electrons. The zero-order chi connectivity index (χ0) is 15.1. The molecule has 6 heteroatoms. The van der Waals surface area contributed by atoms with Crippen LogP contribution in [0.4, 0.5) is 4.39 Å². The lowest BCUT2D eigenvalue weighted by atomic mass is 10.1. The number of amides is 1. The molecule has 0 aliphatic rings. The van der Waals surface area contributed by atoms with Gasteiger partial charge in [0.25, 0.3) is 5.91 Å². The summed E-state index contributed by atoms with van der Waals surface area (Å²) in [4.78, 5) is 11.5. The first-order valence-electron chi connectivity index (χ1n) is 6.06. The molecule has 0 aromatic heterocycles. The SMILES string of the molecule is COc1ccc(CC(F)C(=O)NC(C)C#N)cc1OC. The van der Waals surface area contributed by atoms with E-state index in [0.29, 0.717) is 17.1 Å². The van der Waals surface area contributed by atoms with Crippen LogP contribution in [0.5, 0.6) is 11.5 Å². The summed E-state index contributed by atoms with van der Waals surface area (Å²) in [5.41, 5.74) is 0.606. The lowest BCUT2D eigenvalue weighted by Gasteiger charge is -2.12. The number of ether oxygens (including phenoxy) is 2. The van der Waals surface area contributed by atoms with Gasteiger partial charge in [-0.15, -0.1) is 0 Å². The number of carbonyl (C=O) groups is 1. The molecule has 0 fully saturated rings. The van der Waals surface area contributed by atoms with Crippen molar-refractivity contribution in [3.63, 3.8) is 0 Å². The summed E-state index contributed by atoms with van der Waals surface area (Å²) in [6.45, 7) is 1.49. The standard InChI is InChI=1S/C14H17FN2O3/c1-9(8-16)17-14(18)11(15)6-10-4-5-12(19-2)13(7-10)20-3/h4-5,7,9,11H,6H2,1-3H3,(H,17,18). The van der Waals surface area contributed by atoms with Gasteiger partial charge < -0.3 is 14.8 Å². The average Bonchev–Trinajstić information content (AvgIpc) is 2.46. The van der Waals surface area contributed by atoms with Gasteiger partial charge >= 0.3 is 0 Å². The second-order valence-electron chi connectivity index (χ2n) is 4.22. The van der Waals surface area contributed by atoms with Crippen LogP contribution in [0.25, 0.3) is 0 Å². The number of halogens is 1. The molecule has 2 unspecified atom stereocenters. The second-order valence-corrected chi connectivity index (χ2v) is 4.22. The Hall–Kier alpha value is -2.29. The first-order chi connectivity index (χ1) is 9.51. The molecule has 0 aliphatic carbocycles. The van der Waals surface area contributed by atoms with Crippen LogP contribution >= 0.6 is 0 Å². The van der Waals surface area contributed by atoms with Crippen LogP contribution in [0.3, 0.4) is 0 Å². The van der Waals surface area contributed by atoms with Gasteiger partial charge in [-0.05, 0) is 24.6 Å². The predicted molar refractivity (Wildman–Crippen MR) is 71.4 cm³/mol. The molecule has 108 valence electrons. The minimum atomic E-state index is -1.72. The maximum Gasteiger partial charge on any atom is 0.255 e. The van der Waals surface area contributed by atoms with Gasteiger partial charge in [-0.3, -0.25) is 4.79 Å². The summed E-state index contributed by atoms with van der Waals surface area (Å²) in [5.74, 6) is 0.214. The van der Waals surface area contributed by atoms with Crippen LogP contribution in [-0.2, 0) is 11.2 Å². The van der Waals surface area contributed by atoms with E-state index in [4.69, 9.17) is 14.7 Å². The fourth-order valence-corrected chi connectivity index (χ4v) is 1.64. The van der Waals surface area contributed by atoms with E-state index in [1.165, 1.54) is 21.1 Å². The zero-order valence-corrected chi connectivity index (χ0v) is 11.6. The van der Waals surface area contributed by atoms with E-state index in [9.17, 15) is 9.18 Å². The molecule has 0 saturated carbocycles. The van der Waals surface area contributed by atoms with E-state index in [0.717, 1.165) is 0 Å². The van der Waals surface area contributed by atoms with Crippen molar-refractivity contribution in [1.82, 2.24) is 5.32 Å². The average molecular weight is 280 g/mol. The first-order valence-corrected chi connectivity index (χ1v) is 6.06. The second kappa shape index (κ2) is 7.34. The summed E-state index contributed by atoms with van der Waals surface area (Å²) in [5, 5.41) is 10.8. The largest absolute Gasteiger partial charge is 0.493 e. The number of alkyl halides is 1. The third-order valence-electron chi connectivity index (χ3n) is 2.70. The van der Waals surface area contributed by atoms with E-state index in [2.05, 4.69) is 5.32 Å². The summed E-state index contributed by atoms with van der Waals surface area (Å²) >= 11 is 0. The smallest absolute Gasteiger partial charge is 0.255 e. The highest BCUT2D eigenvalue weighted by atomic mass is 19.1. The van der Waals surface area contributed by atoms with E-state index >= 15 is 0 Å². The molecule has 0 aliphatic heterocycles. The molecule has 0 saturated heterocycles. The Morgan fingerprint density at radius 2 is 2.05 bits per heavy atom. The Morgan fingerprint density at radius 1 is 1.40 bits per heavy atom. The minimum absolute atomic E-state index is 0.0929. The fraction of sp³-hybridized carbons (Fsp3) is 0.429. The molecule has 1 N–H and O–H groups in total. The quantitative estimate of drug-likeness (QED) is 0.859. The number of nitrogens with one attached hydrogen (secondary N) is 1. The molecule has 0 heterocycles. The van der Waals surface area contributed by atoms with Crippen molar-refractivity contribution in [2.75, 3.05) is 14.2 Å². The van der Waals surface area contributed by atoms with Crippen molar-refractivity contribution in [3.8, 4) is 17.6 Å². The van der Waals surface area contributed by atoms with Crippen molar-refractivity contribution in [2.24, 2.45) is 0 Å². The van der Waals surface area contributed by atoms with Gasteiger partial charge in [-0.25, -0.2) is 4.39 Å². The van der Waals surface area contributed by atoms with Gasteiger partial charge in [-0.2, -0.15) is 5.26 Å². The highest BCUT2D eigenvalue weighted by molar-refractivity contribution is 5.81. The summed E-state index contributed by atoms with van der Waals surface area (Å²) in [7, 11) is 2.99. The molecule has 2 atom stereocenters. The van der Waals surface area contributed by atoms with E-state index in [1.807, 2.05) is 6.07 Å². The molecule has 1 aromatic carbocycles. The molecular formula is C14H17FN2O3. The van der Waals surface area contributed by atoms with Crippen LogP contribution in [0.1, 0.15) is 12.5 Å². The Bertz CT molecular complexity index is 514. The third-order valence-corrected chi connectivity index (χ3v) is 2.70. The van der Waals surface area contributed by atoms with Crippen LogP contribution < -0.4 is 14.8 Å². The van der Waals surface area contributed by atoms with E-state index in [1.54, 1.807) is 18.2 Å². The summed E-state index contributed by atoms with van der Waals surface area (Å²) in [6, 6.07) is 6.02. The van der Waals surface area contributed by atoms with Gasteiger partial charge in [0.05, 0.1) is 20.3 Å². The molecular weight excluding hydrogens is 263 g/mol. The summed E-state index contributed by atoms with van der Waals surface area (Å²) < 4.78 is 24.0. The van der Waals surface area contributed by atoms with Crippen LogP contribution in [0, 0.1) is 11.3 Å². The number of rotatable bonds is 6. The van der Waals surface area contributed by atoms with Gasteiger partial charge in [0.15, 0.2) is 17.7 Å². The monoisotopic (exact) mass is 280 g/mol. The van der Waals surface area contributed by atoms with Gasteiger partial charge in [0, 0.05) is 6.42 Å². The summed E-state index contributed by atoms with van der Waals surface area (Å²) in [6.07, 6.45) is -1.81. The number of hydrogen-bond donors (Lipinski definition) is 1. The van der Waals surface area contributed by atoms with Gasteiger partial charge in [-0.1, -0.05) is 6.07 Å². The Balaban J connectivity index is 2.73. The Morgan fingerprint density at radius 3 is 2.60 bits per heavy atom. The minimum Gasteiger partial charge on any atom is -0.493 e. The van der Waals surface area contributed by atoms with Crippen LogP contribution in [0.2, 0.25) is 0 Å². The van der Waals surface area contributed by atoms with E-state index < -0.39 is 18.1 Å². The molecule has 1 rings (SSSR count). The molecule has 0 spiro atoms. The lowest BCUT2D eigenvalue weighted by Crippen LogP contribution is -2.38. The number of benzene rings is 1. The Labute approximate surface area is 117 Å². The zero-order valence-electron chi connectivity index (χ0n) is 11.6. The third kappa shape index (κ3) is 4.12. The molecule has 1 aromatic rings. The van der Waals surface area contributed by atoms with Crippen molar-refractivity contribution < 1.29 is 18.7 Å². The number of hydrogen-bond acceptors (Lipinski definition) is 4. The van der Waals surface area contributed by atoms with Crippen molar-refractivity contribution >= 4 is 5.91 Å². The molecule has 5 nitrogen and oxygen atoms in total. The number of nitrogens with zero attached hydrogens (tertiary/aromatic N) is 1. The number of carbonyl (C=O) groups excluding carboxylic acids is 1. The topological polar surface area (TPSA) is 71.3 Å². The molecule has 0 bridgehead atoms. The molecule has 1 amide bonds.